The summed E-state index contributed by atoms with van der Waals surface area (Å²) in [7, 11) is 1.37. The van der Waals surface area contributed by atoms with Crippen molar-refractivity contribution < 1.29 is 39.5 Å². The molecule has 32 heavy (non-hydrogen) atoms. The van der Waals surface area contributed by atoms with Gasteiger partial charge in [-0.2, -0.15) is 0 Å². The van der Waals surface area contributed by atoms with E-state index in [-0.39, 0.29) is 13.2 Å². The predicted octanol–water partition coefficient (Wildman–Crippen LogP) is -0.673. The maximum absolute atomic E-state index is 12.4. The first-order chi connectivity index (χ1) is 15.1. The average molecular weight is 453 g/mol. The first-order valence-electron chi connectivity index (χ1n) is 10.4. The van der Waals surface area contributed by atoms with E-state index in [1.165, 1.54) is 13.1 Å². The molecule has 0 spiro atoms. The second-order valence-electron chi connectivity index (χ2n) is 7.77. The van der Waals surface area contributed by atoms with E-state index in [4.69, 9.17) is 14.3 Å². The molecule has 0 aliphatic rings. The molecule has 0 saturated heterocycles. The number of hydrogen-bond donors (Lipinski definition) is 5. The molecule has 0 bridgehead atoms. The van der Waals surface area contributed by atoms with Gasteiger partial charge in [-0.1, -0.05) is 13.3 Å². The van der Waals surface area contributed by atoms with E-state index in [1.54, 1.807) is 19.1 Å². The van der Waals surface area contributed by atoms with E-state index in [9.17, 15) is 30.0 Å². The van der Waals surface area contributed by atoms with Crippen molar-refractivity contribution in [1.29, 1.82) is 0 Å². The normalized spacial score (nSPS) is 15.2. The molecule has 0 aliphatic heterocycles. The smallest absolute Gasteiger partial charge is 0.336 e. The van der Waals surface area contributed by atoms with E-state index in [2.05, 4.69) is 0 Å². The molecule has 1 aromatic carbocycles. The highest BCUT2D eigenvalue weighted by molar-refractivity contribution is 5.85. The number of fused-ring (bicyclic) bond motifs is 1. The Bertz CT molecular complexity index is 974. The third-order valence-corrected chi connectivity index (χ3v) is 5.28. The summed E-state index contributed by atoms with van der Waals surface area (Å²) in [6.45, 7) is 2.21. The van der Waals surface area contributed by atoms with Gasteiger partial charge in [-0.05, 0) is 31.0 Å². The minimum absolute atomic E-state index is 0.343. The molecule has 10 nitrogen and oxygen atoms in total. The predicted molar refractivity (Wildman–Crippen MR) is 115 cm³/mol. The SMILES string of the molecule is CCCc1cc(=O)oc2c(C)c(OCC(=O)N(C)C[C@H](O)[C@H](O)[C@H](O)[C@H](O)CO)ccc12. The number of amides is 1. The molecular formula is C22H31NO9. The molecule has 5 N–H and O–H groups in total. The summed E-state index contributed by atoms with van der Waals surface area (Å²) in [5.41, 5.74) is 1.39. The quantitative estimate of drug-likeness (QED) is 0.278. The number of aryl methyl sites for hydroxylation is 2. The summed E-state index contributed by atoms with van der Waals surface area (Å²) in [4.78, 5) is 25.4. The van der Waals surface area contributed by atoms with Crippen LogP contribution < -0.4 is 10.4 Å². The van der Waals surface area contributed by atoms with E-state index in [0.717, 1.165) is 28.7 Å². The molecule has 2 rings (SSSR count). The minimum atomic E-state index is -1.78. The Kier molecular flexibility index (Phi) is 9.17. The summed E-state index contributed by atoms with van der Waals surface area (Å²) in [5.74, 6) is -0.160. The summed E-state index contributed by atoms with van der Waals surface area (Å²) in [6, 6.07) is 4.93. The van der Waals surface area contributed by atoms with Crippen LogP contribution in [0.5, 0.6) is 5.75 Å². The Morgan fingerprint density at radius 1 is 1.16 bits per heavy atom. The van der Waals surface area contributed by atoms with Gasteiger partial charge < -0.3 is 39.6 Å². The van der Waals surface area contributed by atoms with Crippen molar-refractivity contribution in [3.8, 4) is 5.75 Å². The van der Waals surface area contributed by atoms with Crippen LogP contribution in [-0.4, -0.2) is 87.6 Å². The molecule has 0 fully saturated rings. The number of ether oxygens (including phenoxy) is 1. The zero-order chi connectivity index (χ0) is 24.0. The molecule has 0 saturated carbocycles. The van der Waals surface area contributed by atoms with Crippen LogP contribution in [0.15, 0.2) is 27.4 Å². The number of carbonyl (C=O) groups excluding carboxylic acids is 1. The lowest BCUT2D eigenvalue weighted by Gasteiger charge is -2.28. The number of rotatable bonds is 11. The fourth-order valence-corrected chi connectivity index (χ4v) is 3.34. The Hall–Kier alpha value is -2.50. The van der Waals surface area contributed by atoms with Crippen LogP contribution in [0, 0.1) is 6.92 Å². The van der Waals surface area contributed by atoms with Crippen molar-refractivity contribution in [1.82, 2.24) is 4.90 Å². The number of aliphatic hydroxyl groups is 5. The minimum Gasteiger partial charge on any atom is -0.483 e. The number of carbonyl (C=O) groups is 1. The van der Waals surface area contributed by atoms with Crippen LogP contribution in [0.4, 0.5) is 0 Å². The number of hydrogen-bond acceptors (Lipinski definition) is 9. The molecule has 0 unspecified atom stereocenters. The Labute approximate surface area is 185 Å². The highest BCUT2D eigenvalue weighted by atomic mass is 16.5. The Morgan fingerprint density at radius 3 is 2.44 bits per heavy atom. The molecule has 0 radical (unpaired) electrons. The van der Waals surface area contributed by atoms with Crippen molar-refractivity contribution in [2.45, 2.75) is 51.1 Å². The van der Waals surface area contributed by atoms with E-state index in [0.29, 0.717) is 16.9 Å². The molecule has 178 valence electrons. The van der Waals surface area contributed by atoms with Gasteiger partial charge in [0.1, 0.15) is 35.7 Å². The van der Waals surface area contributed by atoms with Crippen molar-refractivity contribution in [2.24, 2.45) is 0 Å². The number of nitrogens with zero attached hydrogens (tertiary/aromatic N) is 1. The average Bonchev–Trinajstić information content (AvgIpc) is 2.77. The Morgan fingerprint density at radius 2 is 1.81 bits per heavy atom. The fourth-order valence-electron chi connectivity index (χ4n) is 3.34. The molecule has 10 heteroatoms. The molecule has 0 aliphatic carbocycles. The highest BCUT2D eigenvalue weighted by Gasteiger charge is 2.31. The zero-order valence-electron chi connectivity index (χ0n) is 18.4. The van der Waals surface area contributed by atoms with Gasteiger partial charge in [-0.25, -0.2) is 4.79 Å². The lowest BCUT2D eigenvalue weighted by molar-refractivity contribution is -0.139. The first-order valence-corrected chi connectivity index (χ1v) is 10.4. The van der Waals surface area contributed by atoms with Gasteiger partial charge in [0.25, 0.3) is 5.91 Å². The fraction of sp³-hybridized carbons (Fsp3) is 0.545. The third-order valence-electron chi connectivity index (χ3n) is 5.28. The van der Waals surface area contributed by atoms with Crippen LogP contribution in [0.25, 0.3) is 11.0 Å². The molecule has 2 aromatic rings. The van der Waals surface area contributed by atoms with Gasteiger partial charge in [0.05, 0.1) is 6.61 Å². The number of likely N-dealkylation sites (N-methyl/N-ethyl adjacent to an activating group) is 1. The first kappa shape index (κ1) is 25.8. The molecule has 1 aromatic heterocycles. The summed E-state index contributed by atoms with van der Waals surface area (Å²) in [5, 5.41) is 48.6. The van der Waals surface area contributed by atoms with Gasteiger partial charge >= 0.3 is 5.63 Å². The van der Waals surface area contributed by atoms with Crippen molar-refractivity contribution >= 4 is 16.9 Å². The molecule has 4 atom stereocenters. The maximum atomic E-state index is 12.4. The molecule has 1 amide bonds. The monoisotopic (exact) mass is 453 g/mol. The van der Waals surface area contributed by atoms with E-state index >= 15 is 0 Å². The van der Waals surface area contributed by atoms with E-state index < -0.39 is 42.6 Å². The second-order valence-corrected chi connectivity index (χ2v) is 7.77. The second kappa shape index (κ2) is 11.4. The third kappa shape index (κ3) is 6.05. The van der Waals surface area contributed by atoms with Crippen LogP contribution in [-0.2, 0) is 11.2 Å². The van der Waals surface area contributed by atoms with Gasteiger partial charge in [0.15, 0.2) is 6.61 Å². The standard InChI is InChI=1S/C22H31NO9/c1-4-5-13-8-19(28)32-22-12(2)17(7-6-14(13)22)31-11-18(27)23(3)9-15(25)20(29)21(30)16(26)10-24/h6-8,15-16,20-21,24-26,29-30H,4-5,9-11H2,1-3H3/t15-,16+,20-,21+/m0/s1. The van der Waals surface area contributed by atoms with Crippen LogP contribution in [0.3, 0.4) is 0 Å². The van der Waals surface area contributed by atoms with Crippen LogP contribution in [0.2, 0.25) is 0 Å². The number of benzene rings is 1. The van der Waals surface area contributed by atoms with Crippen molar-refractivity contribution in [3.63, 3.8) is 0 Å². The van der Waals surface area contributed by atoms with Crippen LogP contribution in [0.1, 0.15) is 24.5 Å². The van der Waals surface area contributed by atoms with Crippen LogP contribution >= 0.6 is 0 Å². The lowest BCUT2D eigenvalue weighted by Crippen LogP contribution is -2.50. The maximum Gasteiger partial charge on any atom is 0.336 e. The lowest BCUT2D eigenvalue weighted by atomic mass is 10.0. The summed E-state index contributed by atoms with van der Waals surface area (Å²) < 4.78 is 10.9. The molecule has 1 heterocycles. The largest absolute Gasteiger partial charge is 0.483 e. The Balaban J connectivity index is 2.05. The van der Waals surface area contributed by atoms with Crippen molar-refractivity contribution in [2.75, 3.05) is 26.8 Å². The number of aliphatic hydroxyl groups excluding tert-OH is 5. The van der Waals surface area contributed by atoms with Crippen molar-refractivity contribution in [3.05, 3.63) is 39.7 Å². The van der Waals surface area contributed by atoms with E-state index in [1.807, 2.05) is 6.92 Å². The zero-order valence-corrected chi connectivity index (χ0v) is 18.4. The van der Waals surface area contributed by atoms with Gasteiger partial charge in [-0.3, -0.25) is 4.79 Å². The highest BCUT2D eigenvalue weighted by Crippen LogP contribution is 2.29. The van der Waals surface area contributed by atoms with Gasteiger partial charge in [0.2, 0.25) is 0 Å². The van der Waals surface area contributed by atoms with Gasteiger partial charge in [-0.15, -0.1) is 0 Å². The topological polar surface area (TPSA) is 161 Å². The summed E-state index contributed by atoms with van der Waals surface area (Å²) >= 11 is 0. The van der Waals surface area contributed by atoms with Gasteiger partial charge in [0, 0.05) is 30.6 Å². The summed E-state index contributed by atoms with van der Waals surface area (Å²) in [6.07, 6.45) is -5.14. The molecular weight excluding hydrogens is 422 g/mol.